The number of carbonyl (C=O) groups excluding carboxylic acids is 3. The molecule has 2 aromatic carbocycles. The Labute approximate surface area is 154 Å². The fraction of sp³-hybridized carbons (Fsp3) is 0.105. The molecule has 0 aliphatic carbocycles. The van der Waals surface area contributed by atoms with E-state index < -0.39 is 22.6 Å². The van der Waals surface area contributed by atoms with Crippen LogP contribution in [0.2, 0.25) is 0 Å². The summed E-state index contributed by atoms with van der Waals surface area (Å²) in [5.41, 5.74) is 0.260. The van der Waals surface area contributed by atoms with Crippen molar-refractivity contribution in [3.8, 4) is 0 Å². The van der Waals surface area contributed by atoms with Crippen LogP contribution in [0.1, 0.15) is 22.8 Å². The summed E-state index contributed by atoms with van der Waals surface area (Å²) in [5, 5.41) is 13.4. The molecule has 0 radical (unpaired) electrons. The van der Waals surface area contributed by atoms with Crippen molar-refractivity contribution in [1.29, 1.82) is 0 Å². The van der Waals surface area contributed by atoms with Gasteiger partial charge < -0.3 is 10.1 Å². The van der Waals surface area contributed by atoms with E-state index in [1.807, 2.05) is 0 Å². The largest absolute Gasteiger partial charge is 0.465 e. The van der Waals surface area contributed by atoms with E-state index in [-0.39, 0.29) is 22.5 Å². The van der Waals surface area contributed by atoms with Crippen LogP contribution in [0, 0.1) is 10.1 Å². The second-order valence-electron chi connectivity index (χ2n) is 5.46. The third kappa shape index (κ3) is 4.85. The smallest absolute Gasteiger partial charge is 0.339 e. The fourth-order valence-electron chi connectivity index (χ4n) is 2.29. The van der Waals surface area contributed by atoms with Gasteiger partial charge in [-0.25, -0.2) is 4.79 Å². The highest BCUT2D eigenvalue weighted by Gasteiger charge is 2.19. The van der Waals surface area contributed by atoms with Crippen LogP contribution in [0.25, 0.3) is 6.08 Å². The molecule has 0 aliphatic heterocycles. The summed E-state index contributed by atoms with van der Waals surface area (Å²) in [7, 11) is 1.21. The SMILES string of the molecule is COC(=O)c1ccccc1NC(=O)/C(=C/c1cccc([N+](=O)[O-])c1)C(C)=O. The molecule has 1 N–H and O–H groups in total. The number of nitrogens with zero attached hydrogens (tertiary/aromatic N) is 1. The van der Waals surface area contributed by atoms with Gasteiger partial charge in [-0.1, -0.05) is 24.3 Å². The van der Waals surface area contributed by atoms with Gasteiger partial charge >= 0.3 is 5.97 Å². The van der Waals surface area contributed by atoms with E-state index in [4.69, 9.17) is 0 Å². The molecule has 138 valence electrons. The predicted molar refractivity (Wildman–Crippen MR) is 98.2 cm³/mol. The summed E-state index contributed by atoms with van der Waals surface area (Å²) >= 11 is 0. The molecule has 0 saturated heterocycles. The quantitative estimate of drug-likeness (QED) is 0.209. The number of anilines is 1. The monoisotopic (exact) mass is 368 g/mol. The van der Waals surface area contributed by atoms with Crippen LogP contribution in [0.5, 0.6) is 0 Å². The first kappa shape index (κ1) is 19.5. The Kier molecular flexibility index (Phi) is 6.16. The highest BCUT2D eigenvalue weighted by atomic mass is 16.6. The Morgan fingerprint density at radius 2 is 1.81 bits per heavy atom. The van der Waals surface area contributed by atoms with Crippen LogP contribution < -0.4 is 5.32 Å². The maximum atomic E-state index is 12.6. The van der Waals surface area contributed by atoms with Crippen LogP contribution in [-0.2, 0) is 14.3 Å². The minimum Gasteiger partial charge on any atom is -0.465 e. The number of Topliss-reactive ketones (excluding diaryl/α,β-unsaturated/α-hetero) is 1. The molecule has 1 amide bonds. The maximum Gasteiger partial charge on any atom is 0.339 e. The number of carbonyl (C=O) groups is 3. The van der Waals surface area contributed by atoms with Crippen molar-refractivity contribution in [2.75, 3.05) is 12.4 Å². The lowest BCUT2D eigenvalue weighted by Crippen LogP contribution is -2.20. The lowest BCUT2D eigenvalue weighted by atomic mass is 10.1. The number of nitrogens with one attached hydrogen (secondary N) is 1. The molecule has 0 saturated carbocycles. The number of esters is 1. The molecule has 2 aromatic rings. The van der Waals surface area contributed by atoms with Crippen LogP contribution in [0.3, 0.4) is 0 Å². The molecule has 27 heavy (non-hydrogen) atoms. The number of methoxy groups -OCH3 is 1. The maximum absolute atomic E-state index is 12.6. The first-order valence-corrected chi connectivity index (χ1v) is 7.79. The molecule has 0 fully saturated rings. The predicted octanol–water partition coefficient (Wildman–Crippen LogP) is 2.99. The Bertz CT molecular complexity index is 949. The second kappa shape index (κ2) is 8.52. The third-order valence-electron chi connectivity index (χ3n) is 3.60. The highest BCUT2D eigenvalue weighted by molar-refractivity contribution is 6.26. The topological polar surface area (TPSA) is 116 Å². The highest BCUT2D eigenvalue weighted by Crippen LogP contribution is 2.19. The minimum absolute atomic E-state index is 0.131. The number of hydrogen-bond donors (Lipinski definition) is 1. The Morgan fingerprint density at radius 3 is 2.44 bits per heavy atom. The van der Waals surface area contributed by atoms with Gasteiger partial charge in [0.1, 0.15) is 0 Å². The van der Waals surface area contributed by atoms with Gasteiger partial charge in [0, 0.05) is 12.1 Å². The molecular weight excluding hydrogens is 352 g/mol. The van der Waals surface area contributed by atoms with E-state index in [0.29, 0.717) is 5.56 Å². The zero-order valence-electron chi connectivity index (χ0n) is 14.6. The fourth-order valence-corrected chi connectivity index (χ4v) is 2.29. The summed E-state index contributed by atoms with van der Waals surface area (Å²) in [6.45, 7) is 1.20. The third-order valence-corrected chi connectivity index (χ3v) is 3.60. The van der Waals surface area contributed by atoms with Crippen LogP contribution in [-0.4, -0.2) is 29.7 Å². The van der Waals surface area contributed by atoms with E-state index in [0.717, 1.165) is 0 Å². The number of amides is 1. The molecule has 0 bridgehead atoms. The van der Waals surface area contributed by atoms with Gasteiger partial charge in [-0.15, -0.1) is 0 Å². The van der Waals surface area contributed by atoms with Crippen molar-refractivity contribution in [2.45, 2.75) is 6.92 Å². The van der Waals surface area contributed by atoms with Crippen molar-refractivity contribution in [3.63, 3.8) is 0 Å². The van der Waals surface area contributed by atoms with E-state index in [2.05, 4.69) is 10.1 Å². The van der Waals surface area contributed by atoms with Crippen molar-refractivity contribution < 1.29 is 24.0 Å². The minimum atomic E-state index is -0.745. The first-order valence-electron chi connectivity index (χ1n) is 7.79. The van der Waals surface area contributed by atoms with E-state index in [9.17, 15) is 24.5 Å². The van der Waals surface area contributed by atoms with Gasteiger partial charge in [0.25, 0.3) is 11.6 Å². The molecule has 2 rings (SSSR count). The molecule has 8 nitrogen and oxygen atoms in total. The van der Waals surface area contributed by atoms with Gasteiger partial charge in [-0.05, 0) is 30.7 Å². The second-order valence-corrected chi connectivity index (χ2v) is 5.46. The number of hydrogen-bond acceptors (Lipinski definition) is 6. The summed E-state index contributed by atoms with van der Waals surface area (Å²) in [6, 6.07) is 11.7. The Hall–Kier alpha value is -3.81. The van der Waals surface area contributed by atoms with E-state index in [1.54, 1.807) is 12.1 Å². The molecule has 0 heterocycles. The van der Waals surface area contributed by atoms with E-state index >= 15 is 0 Å². The summed E-state index contributed by atoms with van der Waals surface area (Å²) in [5.74, 6) is -1.92. The standard InChI is InChI=1S/C19H16N2O6/c1-12(22)16(11-13-6-5-7-14(10-13)21(25)26)18(23)20-17-9-4-3-8-15(17)19(24)27-2/h3-11H,1-2H3,(H,20,23)/b16-11+. The summed E-state index contributed by atoms with van der Waals surface area (Å²) < 4.78 is 4.66. The summed E-state index contributed by atoms with van der Waals surface area (Å²) in [6.07, 6.45) is 1.26. The van der Waals surface area contributed by atoms with Crippen LogP contribution in [0.4, 0.5) is 11.4 Å². The summed E-state index contributed by atoms with van der Waals surface area (Å²) in [4.78, 5) is 46.6. The lowest BCUT2D eigenvalue weighted by Gasteiger charge is -2.10. The average molecular weight is 368 g/mol. The average Bonchev–Trinajstić information content (AvgIpc) is 2.65. The van der Waals surface area contributed by atoms with Gasteiger partial charge in [0.15, 0.2) is 5.78 Å². The number of ketones is 1. The molecule has 0 unspecified atom stereocenters. The van der Waals surface area contributed by atoms with Crippen molar-refractivity contribution in [2.24, 2.45) is 0 Å². The number of rotatable bonds is 6. The molecule has 0 spiro atoms. The normalized spacial score (nSPS) is 10.8. The van der Waals surface area contributed by atoms with Gasteiger partial charge in [-0.3, -0.25) is 19.7 Å². The number of ether oxygens (including phenoxy) is 1. The van der Waals surface area contributed by atoms with E-state index in [1.165, 1.54) is 56.5 Å². The molecule has 0 aromatic heterocycles. The Morgan fingerprint density at radius 1 is 1.11 bits per heavy atom. The van der Waals surface area contributed by atoms with Gasteiger partial charge in [0.05, 0.1) is 28.9 Å². The molecule has 0 aliphatic rings. The van der Waals surface area contributed by atoms with Crippen LogP contribution in [0.15, 0.2) is 54.1 Å². The molecule has 0 atom stereocenters. The Balaban J connectivity index is 2.37. The molecule has 8 heteroatoms. The lowest BCUT2D eigenvalue weighted by molar-refractivity contribution is -0.384. The van der Waals surface area contributed by atoms with Gasteiger partial charge in [0.2, 0.25) is 0 Å². The molecular formula is C19H16N2O6. The first-order chi connectivity index (χ1) is 12.8. The number of non-ortho nitro benzene ring substituents is 1. The van der Waals surface area contributed by atoms with Crippen molar-refractivity contribution in [3.05, 3.63) is 75.3 Å². The zero-order chi connectivity index (χ0) is 20.0. The van der Waals surface area contributed by atoms with Crippen molar-refractivity contribution in [1.82, 2.24) is 0 Å². The number of nitro benzene ring substituents is 1. The van der Waals surface area contributed by atoms with Gasteiger partial charge in [-0.2, -0.15) is 0 Å². The van der Waals surface area contributed by atoms with Crippen LogP contribution >= 0.6 is 0 Å². The number of para-hydroxylation sites is 1. The number of benzene rings is 2. The number of nitro groups is 1. The van der Waals surface area contributed by atoms with Crippen molar-refractivity contribution >= 4 is 35.1 Å². The zero-order valence-corrected chi connectivity index (χ0v) is 14.6.